The topological polar surface area (TPSA) is 39.7 Å². The molecule has 2 rings (SSSR count). The average Bonchev–Trinajstić information content (AvgIpc) is 3.37. The van der Waals surface area contributed by atoms with E-state index in [2.05, 4.69) is 20.5 Å². The number of guanidine groups is 1. The van der Waals surface area contributed by atoms with Crippen molar-refractivity contribution in [2.45, 2.75) is 38.5 Å². The van der Waals surface area contributed by atoms with Gasteiger partial charge in [0.05, 0.1) is 12.1 Å². The van der Waals surface area contributed by atoms with Gasteiger partial charge in [-0.2, -0.15) is 13.2 Å². The van der Waals surface area contributed by atoms with Crippen molar-refractivity contribution in [1.29, 1.82) is 0 Å². The normalized spacial score (nSPS) is 16.7. The second-order valence-corrected chi connectivity index (χ2v) is 6.74. The number of alkyl halides is 3. The first-order valence-corrected chi connectivity index (χ1v) is 8.76. The van der Waals surface area contributed by atoms with Crippen LogP contribution >= 0.6 is 0 Å². The molecule has 1 aromatic carbocycles. The van der Waals surface area contributed by atoms with Crippen molar-refractivity contribution in [2.75, 3.05) is 27.2 Å². The van der Waals surface area contributed by atoms with E-state index in [0.29, 0.717) is 37.1 Å². The van der Waals surface area contributed by atoms with Crippen molar-refractivity contribution < 1.29 is 17.6 Å². The van der Waals surface area contributed by atoms with Gasteiger partial charge in [-0.25, -0.2) is 9.38 Å². The molecule has 0 saturated heterocycles. The summed E-state index contributed by atoms with van der Waals surface area (Å²) in [7, 11) is 4.03. The maximum atomic E-state index is 13.2. The molecule has 1 atom stereocenters. The summed E-state index contributed by atoms with van der Waals surface area (Å²) in [6.07, 6.45) is -2.22. The lowest BCUT2D eigenvalue weighted by molar-refractivity contribution is -0.138. The van der Waals surface area contributed by atoms with Gasteiger partial charge in [-0.3, -0.25) is 0 Å². The third kappa shape index (κ3) is 5.86. The molecule has 0 radical (unpaired) electrons. The maximum Gasteiger partial charge on any atom is 0.416 e. The Morgan fingerprint density at radius 3 is 2.50 bits per heavy atom. The van der Waals surface area contributed by atoms with E-state index in [9.17, 15) is 17.6 Å². The number of nitrogens with zero attached hydrogens (tertiary/aromatic N) is 2. The standard InChI is InChI=1S/C18H26F4N4/c1-4-23-17(25-11-16(26(2)3)12-5-6-12)24-10-13-7-8-14(19)9-15(13)18(20,21)22/h7-9,12,16H,4-6,10-11H2,1-3H3,(H2,23,24,25). The molecule has 2 N–H and O–H groups in total. The molecule has 0 bridgehead atoms. The van der Waals surface area contributed by atoms with Crippen LogP contribution in [0.2, 0.25) is 0 Å². The fourth-order valence-electron chi connectivity index (χ4n) is 2.91. The monoisotopic (exact) mass is 374 g/mol. The van der Waals surface area contributed by atoms with Gasteiger partial charge < -0.3 is 15.5 Å². The van der Waals surface area contributed by atoms with Crippen molar-refractivity contribution in [3.8, 4) is 0 Å². The fourth-order valence-corrected chi connectivity index (χ4v) is 2.91. The van der Waals surface area contributed by atoms with Gasteiger partial charge in [0.15, 0.2) is 5.96 Å². The Kier molecular flexibility index (Phi) is 6.86. The van der Waals surface area contributed by atoms with E-state index in [4.69, 9.17) is 0 Å². The molecule has 4 nitrogen and oxygen atoms in total. The number of rotatable bonds is 7. The summed E-state index contributed by atoms with van der Waals surface area (Å²) in [4.78, 5) is 6.40. The highest BCUT2D eigenvalue weighted by Gasteiger charge is 2.34. The molecular weight excluding hydrogens is 348 g/mol. The Bertz CT molecular complexity index is 622. The summed E-state index contributed by atoms with van der Waals surface area (Å²) < 4.78 is 52.5. The van der Waals surface area contributed by atoms with Gasteiger partial charge >= 0.3 is 6.18 Å². The van der Waals surface area contributed by atoms with Crippen molar-refractivity contribution in [3.63, 3.8) is 0 Å². The lowest BCUT2D eigenvalue weighted by atomic mass is 10.1. The minimum atomic E-state index is -4.61. The Morgan fingerprint density at radius 1 is 1.27 bits per heavy atom. The molecule has 1 aliphatic rings. The molecule has 1 aromatic rings. The predicted octanol–water partition coefficient (Wildman–Crippen LogP) is 3.24. The Balaban J connectivity index is 2.09. The third-order valence-corrected chi connectivity index (χ3v) is 4.44. The zero-order valence-corrected chi connectivity index (χ0v) is 15.3. The fraction of sp³-hybridized carbons (Fsp3) is 0.611. The first-order chi connectivity index (χ1) is 12.2. The van der Waals surface area contributed by atoms with Crippen molar-refractivity contribution in [3.05, 3.63) is 35.1 Å². The van der Waals surface area contributed by atoms with Crippen LogP contribution in [-0.4, -0.2) is 44.1 Å². The highest BCUT2D eigenvalue weighted by Crippen LogP contribution is 2.34. The van der Waals surface area contributed by atoms with Crippen molar-refractivity contribution >= 4 is 5.96 Å². The SMILES string of the molecule is CCNC(=NCc1ccc(F)cc1C(F)(F)F)NCC(C1CC1)N(C)C. The summed E-state index contributed by atoms with van der Waals surface area (Å²) in [5.41, 5.74) is -1.04. The number of hydrogen-bond acceptors (Lipinski definition) is 2. The highest BCUT2D eigenvalue weighted by atomic mass is 19.4. The second-order valence-electron chi connectivity index (χ2n) is 6.74. The average molecular weight is 374 g/mol. The Labute approximate surface area is 151 Å². The molecule has 8 heteroatoms. The molecule has 1 fully saturated rings. The van der Waals surface area contributed by atoms with Crippen LogP contribution in [0.3, 0.4) is 0 Å². The minimum absolute atomic E-state index is 0.0533. The van der Waals surface area contributed by atoms with Gasteiger partial charge in [0.1, 0.15) is 5.82 Å². The number of nitrogens with one attached hydrogen (secondary N) is 2. The second kappa shape index (κ2) is 8.70. The lowest BCUT2D eigenvalue weighted by Crippen LogP contribution is -2.46. The van der Waals surface area contributed by atoms with Gasteiger partial charge in [-0.1, -0.05) is 6.07 Å². The van der Waals surface area contributed by atoms with Gasteiger partial charge in [-0.15, -0.1) is 0 Å². The van der Waals surface area contributed by atoms with E-state index in [1.54, 1.807) is 0 Å². The number of hydrogen-bond donors (Lipinski definition) is 2. The van der Waals surface area contributed by atoms with Crippen LogP contribution < -0.4 is 10.6 Å². The number of benzene rings is 1. The van der Waals surface area contributed by atoms with Gasteiger partial charge in [-0.05, 0) is 57.5 Å². The molecular formula is C18H26F4N4. The third-order valence-electron chi connectivity index (χ3n) is 4.44. The quantitative estimate of drug-likeness (QED) is 0.437. The van der Waals surface area contributed by atoms with Crippen LogP contribution in [0, 0.1) is 11.7 Å². The molecule has 1 unspecified atom stereocenters. The lowest BCUT2D eigenvalue weighted by Gasteiger charge is -2.25. The van der Waals surface area contributed by atoms with Crippen LogP contribution in [0.1, 0.15) is 30.9 Å². The predicted molar refractivity (Wildman–Crippen MR) is 94.4 cm³/mol. The van der Waals surface area contributed by atoms with Gasteiger partial charge in [0.2, 0.25) is 0 Å². The zero-order valence-electron chi connectivity index (χ0n) is 15.3. The van der Waals surface area contributed by atoms with E-state index < -0.39 is 17.6 Å². The molecule has 0 amide bonds. The molecule has 0 heterocycles. The molecule has 1 saturated carbocycles. The van der Waals surface area contributed by atoms with E-state index in [1.165, 1.54) is 12.8 Å². The van der Waals surface area contributed by atoms with Gasteiger partial charge in [0.25, 0.3) is 0 Å². The van der Waals surface area contributed by atoms with E-state index in [-0.39, 0.29) is 12.1 Å². The first kappa shape index (κ1) is 20.5. The molecule has 0 aliphatic heterocycles. The molecule has 146 valence electrons. The van der Waals surface area contributed by atoms with Crippen LogP contribution in [0.5, 0.6) is 0 Å². The van der Waals surface area contributed by atoms with E-state index >= 15 is 0 Å². The molecule has 0 spiro atoms. The number of likely N-dealkylation sites (N-methyl/N-ethyl adjacent to an activating group) is 1. The maximum absolute atomic E-state index is 13.2. The summed E-state index contributed by atoms with van der Waals surface area (Å²) in [5, 5.41) is 6.25. The van der Waals surface area contributed by atoms with Crippen LogP contribution in [0.4, 0.5) is 17.6 Å². The minimum Gasteiger partial charge on any atom is -0.357 e. The Hall–Kier alpha value is -1.83. The van der Waals surface area contributed by atoms with Crippen LogP contribution in [0.15, 0.2) is 23.2 Å². The summed E-state index contributed by atoms with van der Waals surface area (Å²) in [6, 6.07) is 3.03. The summed E-state index contributed by atoms with van der Waals surface area (Å²) in [6.45, 7) is 2.97. The highest BCUT2D eigenvalue weighted by molar-refractivity contribution is 5.79. The van der Waals surface area contributed by atoms with E-state index in [1.807, 2.05) is 21.0 Å². The van der Waals surface area contributed by atoms with Crippen LogP contribution in [-0.2, 0) is 12.7 Å². The summed E-state index contributed by atoms with van der Waals surface area (Å²) in [5.74, 6) is 0.195. The molecule has 26 heavy (non-hydrogen) atoms. The number of halogens is 4. The van der Waals surface area contributed by atoms with Crippen molar-refractivity contribution in [1.82, 2.24) is 15.5 Å². The van der Waals surface area contributed by atoms with Gasteiger partial charge in [0, 0.05) is 19.1 Å². The smallest absolute Gasteiger partial charge is 0.357 e. The number of aliphatic imine (C=N–C) groups is 1. The summed E-state index contributed by atoms with van der Waals surface area (Å²) >= 11 is 0. The zero-order chi connectivity index (χ0) is 19.3. The largest absolute Gasteiger partial charge is 0.416 e. The molecule has 0 aromatic heterocycles. The van der Waals surface area contributed by atoms with E-state index in [0.717, 1.165) is 12.1 Å². The first-order valence-electron chi connectivity index (χ1n) is 8.76. The van der Waals surface area contributed by atoms with Crippen molar-refractivity contribution in [2.24, 2.45) is 10.9 Å². The molecule has 1 aliphatic carbocycles. The van der Waals surface area contributed by atoms with Crippen LogP contribution in [0.25, 0.3) is 0 Å². The Morgan fingerprint density at radius 2 is 1.96 bits per heavy atom.